The lowest BCUT2D eigenvalue weighted by atomic mass is 9.77. The van der Waals surface area contributed by atoms with Gasteiger partial charge in [0.2, 0.25) is 0 Å². The average Bonchev–Trinajstić information content (AvgIpc) is 2.49. The topological polar surface area (TPSA) is 17.1 Å². The van der Waals surface area contributed by atoms with E-state index in [9.17, 15) is 13.6 Å². The van der Waals surface area contributed by atoms with Crippen molar-refractivity contribution in [3.05, 3.63) is 35.4 Å². The molecule has 0 atom stereocenters. The summed E-state index contributed by atoms with van der Waals surface area (Å²) in [5.74, 6) is -0.672. The van der Waals surface area contributed by atoms with Crippen molar-refractivity contribution in [3.63, 3.8) is 0 Å². The fourth-order valence-corrected chi connectivity index (χ4v) is 3.26. The second-order valence-corrected chi connectivity index (χ2v) is 6.25. The third-order valence-electron chi connectivity index (χ3n) is 4.63. The molecule has 1 fully saturated rings. The van der Waals surface area contributed by atoms with Crippen LogP contribution in [0, 0.1) is 23.5 Å². The van der Waals surface area contributed by atoms with Gasteiger partial charge in [0.05, 0.1) is 0 Å². The number of benzene rings is 1. The Labute approximate surface area is 125 Å². The summed E-state index contributed by atoms with van der Waals surface area (Å²) < 4.78 is 26.0. The summed E-state index contributed by atoms with van der Waals surface area (Å²) in [4.78, 5) is 12.3. The molecule has 1 nitrogen and oxygen atoms in total. The molecular weight excluding hydrogens is 270 g/mol. The molecule has 0 N–H and O–H groups in total. The first kappa shape index (κ1) is 16.1. The Morgan fingerprint density at radius 3 is 2.48 bits per heavy atom. The maximum absolute atomic E-state index is 13.2. The second-order valence-electron chi connectivity index (χ2n) is 6.25. The van der Waals surface area contributed by atoms with Crippen LogP contribution in [0.1, 0.15) is 57.4 Å². The molecule has 0 aliphatic heterocycles. The molecule has 0 aromatic heterocycles. The van der Waals surface area contributed by atoms with Crippen molar-refractivity contribution in [3.8, 4) is 0 Å². The molecule has 0 heterocycles. The molecule has 1 aromatic rings. The van der Waals surface area contributed by atoms with Gasteiger partial charge < -0.3 is 0 Å². The lowest BCUT2D eigenvalue weighted by Gasteiger charge is -2.27. The standard InChI is InChI=1S/C18H24F2O/c1-2-3-4-13-5-8-15(9-6-13)18(21)12-14-7-10-16(19)17(20)11-14/h7,10-11,13,15H,2-6,8-9,12H2,1H3. The van der Waals surface area contributed by atoms with Gasteiger partial charge in [-0.15, -0.1) is 0 Å². The Balaban J connectivity index is 1.83. The predicted molar refractivity (Wildman–Crippen MR) is 80.0 cm³/mol. The van der Waals surface area contributed by atoms with Crippen molar-refractivity contribution in [1.29, 1.82) is 0 Å². The quantitative estimate of drug-likeness (QED) is 0.715. The second kappa shape index (κ2) is 7.67. The van der Waals surface area contributed by atoms with Crippen LogP contribution in [0.2, 0.25) is 0 Å². The van der Waals surface area contributed by atoms with Crippen LogP contribution in [0.5, 0.6) is 0 Å². The van der Waals surface area contributed by atoms with E-state index in [1.54, 1.807) is 0 Å². The van der Waals surface area contributed by atoms with Crippen LogP contribution in [0.25, 0.3) is 0 Å². The highest BCUT2D eigenvalue weighted by Gasteiger charge is 2.25. The van der Waals surface area contributed by atoms with Gasteiger partial charge in [-0.2, -0.15) is 0 Å². The fraction of sp³-hybridized carbons (Fsp3) is 0.611. The van der Waals surface area contributed by atoms with Gasteiger partial charge in [0.25, 0.3) is 0 Å². The van der Waals surface area contributed by atoms with E-state index in [2.05, 4.69) is 6.92 Å². The average molecular weight is 294 g/mol. The number of halogens is 2. The van der Waals surface area contributed by atoms with Gasteiger partial charge in [-0.25, -0.2) is 8.78 Å². The minimum atomic E-state index is -0.872. The largest absolute Gasteiger partial charge is 0.299 e. The van der Waals surface area contributed by atoms with Gasteiger partial charge in [-0.1, -0.05) is 32.3 Å². The first-order valence-electron chi connectivity index (χ1n) is 8.06. The van der Waals surface area contributed by atoms with E-state index in [1.807, 2.05) is 0 Å². The van der Waals surface area contributed by atoms with E-state index in [1.165, 1.54) is 25.3 Å². The molecule has 0 unspecified atom stereocenters. The van der Waals surface area contributed by atoms with E-state index in [0.717, 1.165) is 43.7 Å². The molecule has 0 spiro atoms. The van der Waals surface area contributed by atoms with Gasteiger partial charge in [-0.05, 0) is 49.3 Å². The zero-order valence-electron chi connectivity index (χ0n) is 12.7. The number of carbonyl (C=O) groups is 1. The summed E-state index contributed by atoms with van der Waals surface area (Å²) >= 11 is 0. The maximum Gasteiger partial charge on any atom is 0.159 e. The Hall–Kier alpha value is -1.25. The van der Waals surface area contributed by atoms with Gasteiger partial charge >= 0.3 is 0 Å². The van der Waals surface area contributed by atoms with E-state index in [-0.39, 0.29) is 18.1 Å². The molecule has 21 heavy (non-hydrogen) atoms. The zero-order chi connectivity index (χ0) is 15.2. The predicted octanol–water partition coefficient (Wildman–Crippen LogP) is 5.07. The number of hydrogen-bond acceptors (Lipinski definition) is 1. The molecule has 0 bridgehead atoms. The summed E-state index contributed by atoms with van der Waals surface area (Å²) in [5, 5.41) is 0. The molecule has 116 valence electrons. The van der Waals surface area contributed by atoms with Crippen LogP contribution in [0.3, 0.4) is 0 Å². The van der Waals surface area contributed by atoms with Crippen LogP contribution >= 0.6 is 0 Å². The molecule has 0 amide bonds. The van der Waals surface area contributed by atoms with Crippen molar-refractivity contribution in [2.75, 3.05) is 0 Å². The van der Waals surface area contributed by atoms with Crippen molar-refractivity contribution < 1.29 is 13.6 Å². The summed E-state index contributed by atoms with van der Waals surface area (Å²) in [6.07, 6.45) is 8.19. The number of unbranched alkanes of at least 4 members (excludes halogenated alkanes) is 1. The minimum absolute atomic E-state index is 0.107. The number of Topliss-reactive ketones (excluding diaryl/α,β-unsaturated/α-hetero) is 1. The SMILES string of the molecule is CCCCC1CCC(C(=O)Cc2ccc(F)c(F)c2)CC1. The van der Waals surface area contributed by atoms with Crippen LogP contribution in [0.15, 0.2) is 18.2 Å². The van der Waals surface area contributed by atoms with Gasteiger partial charge in [0.15, 0.2) is 11.6 Å². The summed E-state index contributed by atoms with van der Waals surface area (Å²) in [7, 11) is 0. The monoisotopic (exact) mass is 294 g/mol. The summed E-state index contributed by atoms with van der Waals surface area (Å²) in [6, 6.07) is 3.74. The zero-order valence-corrected chi connectivity index (χ0v) is 12.7. The fourth-order valence-electron chi connectivity index (χ4n) is 3.26. The Morgan fingerprint density at radius 1 is 1.14 bits per heavy atom. The lowest BCUT2D eigenvalue weighted by molar-refractivity contribution is -0.123. The van der Waals surface area contributed by atoms with Gasteiger partial charge in [0, 0.05) is 12.3 Å². The third-order valence-corrected chi connectivity index (χ3v) is 4.63. The third kappa shape index (κ3) is 4.62. The van der Waals surface area contributed by atoms with Crippen LogP contribution in [-0.2, 0) is 11.2 Å². The molecule has 3 heteroatoms. The molecule has 1 aliphatic rings. The van der Waals surface area contributed by atoms with Crippen molar-refractivity contribution in [1.82, 2.24) is 0 Å². The Bertz CT molecular complexity index is 476. The highest BCUT2D eigenvalue weighted by atomic mass is 19.2. The molecule has 1 aromatic carbocycles. The molecule has 0 radical (unpaired) electrons. The molecule has 2 rings (SSSR count). The molecule has 1 aliphatic carbocycles. The molecule has 1 saturated carbocycles. The van der Waals surface area contributed by atoms with Crippen molar-refractivity contribution >= 4 is 5.78 Å². The van der Waals surface area contributed by atoms with E-state index in [0.29, 0.717) is 5.56 Å². The first-order valence-corrected chi connectivity index (χ1v) is 8.06. The highest BCUT2D eigenvalue weighted by molar-refractivity contribution is 5.83. The highest BCUT2D eigenvalue weighted by Crippen LogP contribution is 2.32. The normalized spacial score (nSPS) is 22.2. The van der Waals surface area contributed by atoms with E-state index in [4.69, 9.17) is 0 Å². The molecule has 0 saturated heterocycles. The summed E-state index contributed by atoms with van der Waals surface area (Å²) in [5.41, 5.74) is 0.576. The first-order chi connectivity index (χ1) is 10.1. The number of hydrogen-bond donors (Lipinski definition) is 0. The Morgan fingerprint density at radius 2 is 1.86 bits per heavy atom. The van der Waals surface area contributed by atoms with Crippen LogP contribution in [0.4, 0.5) is 8.78 Å². The maximum atomic E-state index is 13.2. The smallest absolute Gasteiger partial charge is 0.159 e. The van der Waals surface area contributed by atoms with E-state index >= 15 is 0 Å². The molecular formula is C18H24F2O. The lowest BCUT2D eigenvalue weighted by Crippen LogP contribution is -2.23. The van der Waals surface area contributed by atoms with Gasteiger partial charge in [-0.3, -0.25) is 4.79 Å². The van der Waals surface area contributed by atoms with Crippen LogP contribution < -0.4 is 0 Å². The van der Waals surface area contributed by atoms with Crippen molar-refractivity contribution in [2.24, 2.45) is 11.8 Å². The van der Waals surface area contributed by atoms with Crippen molar-refractivity contribution in [2.45, 2.75) is 58.3 Å². The Kier molecular flexibility index (Phi) is 5.89. The van der Waals surface area contributed by atoms with E-state index < -0.39 is 11.6 Å². The number of carbonyl (C=O) groups excluding carboxylic acids is 1. The number of ketones is 1. The minimum Gasteiger partial charge on any atom is -0.299 e. The number of rotatable bonds is 6. The van der Waals surface area contributed by atoms with Crippen LogP contribution in [-0.4, -0.2) is 5.78 Å². The van der Waals surface area contributed by atoms with Gasteiger partial charge in [0.1, 0.15) is 5.78 Å². The summed E-state index contributed by atoms with van der Waals surface area (Å²) in [6.45, 7) is 2.21.